The molecule has 0 spiro atoms. The first kappa shape index (κ1) is 28.2. The summed E-state index contributed by atoms with van der Waals surface area (Å²) in [5, 5.41) is 0. The SMILES string of the molecule is CCCCCCCCCCCCOS(=O)(=O)O.O=S(=O)(O)O.[H-].[Li+]. The summed E-state index contributed by atoms with van der Waals surface area (Å²) in [5.41, 5.74) is 0. The van der Waals surface area contributed by atoms with Crippen LogP contribution in [-0.2, 0) is 25.0 Å². The van der Waals surface area contributed by atoms with Crippen molar-refractivity contribution in [2.45, 2.75) is 71.1 Å². The number of rotatable bonds is 12. The van der Waals surface area contributed by atoms with Crippen molar-refractivity contribution in [2.24, 2.45) is 0 Å². The average molecular weight is 372 g/mol. The molecule has 11 heteroatoms. The predicted molar refractivity (Wildman–Crippen MR) is 84.6 cm³/mol. The average Bonchev–Trinajstić information content (AvgIpc) is 2.32. The van der Waals surface area contributed by atoms with Crippen LogP contribution in [0.1, 0.15) is 72.6 Å². The first-order valence-corrected chi connectivity index (χ1v) is 10.1. The van der Waals surface area contributed by atoms with Gasteiger partial charge in [0.25, 0.3) is 0 Å². The Hall–Kier alpha value is 0.337. The third-order valence-corrected chi connectivity index (χ3v) is 3.19. The molecular formula is C12H29LiO8S2. The molecule has 138 valence electrons. The van der Waals surface area contributed by atoms with Crippen molar-refractivity contribution in [1.82, 2.24) is 0 Å². The first-order chi connectivity index (χ1) is 10.1. The van der Waals surface area contributed by atoms with E-state index in [1.165, 1.54) is 44.9 Å². The Balaban J connectivity index is -0.000000250. The molecule has 23 heavy (non-hydrogen) atoms. The topological polar surface area (TPSA) is 138 Å². The van der Waals surface area contributed by atoms with Crippen molar-refractivity contribution in [3.05, 3.63) is 0 Å². The van der Waals surface area contributed by atoms with Gasteiger partial charge in [0, 0.05) is 0 Å². The molecule has 0 aromatic carbocycles. The maximum atomic E-state index is 10.2. The van der Waals surface area contributed by atoms with Gasteiger partial charge in [-0.1, -0.05) is 64.7 Å². The minimum Gasteiger partial charge on any atom is -1.00 e. The zero-order valence-corrected chi connectivity index (χ0v) is 15.6. The largest absolute Gasteiger partial charge is 1.00 e. The van der Waals surface area contributed by atoms with E-state index in [4.69, 9.17) is 22.1 Å². The molecule has 0 aromatic heterocycles. The fourth-order valence-electron chi connectivity index (χ4n) is 1.75. The summed E-state index contributed by atoms with van der Waals surface area (Å²) in [5.74, 6) is 0. The van der Waals surface area contributed by atoms with Crippen LogP contribution in [0.3, 0.4) is 0 Å². The monoisotopic (exact) mass is 372 g/mol. The third kappa shape index (κ3) is 44.9. The van der Waals surface area contributed by atoms with Crippen LogP contribution in [0.15, 0.2) is 0 Å². The third-order valence-electron chi connectivity index (χ3n) is 2.73. The summed E-state index contributed by atoms with van der Waals surface area (Å²) in [7, 11) is -8.90. The molecule has 0 heterocycles. The Labute approximate surface area is 153 Å². The van der Waals surface area contributed by atoms with E-state index in [-0.39, 0.29) is 26.9 Å². The van der Waals surface area contributed by atoms with Crippen LogP contribution in [0.2, 0.25) is 0 Å². The number of hydrogen-bond acceptors (Lipinski definition) is 5. The van der Waals surface area contributed by atoms with Crippen LogP contribution < -0.4 is 18.9 Å². The van der Waals surface area contributed by atoms with E-state index in [1.807, 2.05) is 0 Å². The van der Waals surface area contributed by atoms with Crippen molar-refractivity contribution in [3.8, 4) is 0 Å². The minimum atomic E-state index is -4.67. The van der Waals surface area contributed by atoms with Gasteiger partial charge < -0.3 is 1.43 Å². The molecule has 0 unspecified atom stereocenters. The van der Waals surface area contributed by atoms with Crippen LogP contribution >= 0.6 is 0 Å². The molecule has 0 radical (unpaired) electrons. The zero-order chi connectivity index (χ0) is 17.5. The minimum absolute atomic E-state index is 0. The molecule has 0 rings (SSSR count). The van der Waals surface area contributed by atoms with Crippen LogP contribution in [0.25, 0.3) is 0 Å². The molecule has 0 saturated heterocycles. The number of hydrogen-bond donors (Lipinski definition) is 3. The molecular weight excluding hydrogens is 343 g/mol. The van der Waals surface area contributed by atoms with Gasteiger partial charge >= 0.3 is 39.7 Å². The summed E-state index contributed by atoms with van der Waals surface area (Å²) in [4.78, 5) is 0. The van der Waals surface area contributed by atoms with Gasteiger partial charge in [0.1, 0.15) is 0 Å². The van der Waals surface area contributed by atoms with Gasteiger partial charge in [-0.05, 0) is 6.42 Å². The summed E-state index contributed by atoms with van der Waals surface area (Å²) < 4.78 is 64.6. The Morgan fingerprint density at radius 3 is 1.35 bits per heavy atom. The van der Waals surface area contributed by atoms with Crippen LogP contribution in [-0.4, -0.2) is 37.1 Å². The summed E-state index contributed by atoms with van der Waals surface area (Å²) >= 11 is 0. The van der Waals surface area contributed by atoms with Crippen LogP contribution in [0.5, 0.6) is 0 Å². The van der Waals surface area contributed by atoms with Crippen molar-refractivity contribution in [3.63, 3.8) is 0 Å². The van der Waals surface area contributed by atoms with E-state index in [2.05, 4.69) is 11.1 Å². The van der Waals surface area contributed by atoms with Crippen LogP contribution in [0.4, 0.5) is 0 Å². The van der Waals surface area contributed by atoms with Crippen molar-refractivity contribution < 1.29 is 55.0 Å². The normalized spacial score (nSPS) is 11.3. The van der Waals surface area contributed by atoms with Crippen LogP contribution in [0, 0.1) is 0 Å². The van der Waals surface area contributed by atoms with Crippen molar-refractivity contribution in [2.75, 3.05) is 6.61 Å². The maximum absolute atomic E-state index is 10.2. The first-order valence-electron chi connectivity index (χ1n) is 7.38. The Morgan fingerprint density at radius 1 is 0.739 bits per heavy atom. The zero-order valence-electron chi connectivity index (χ0n) is 15.0. The molecule has 0 aliphatic carbocycles. The fraction of sp³-hybridized carbons (Fsp3) is 1.00. The van der Waals surface area contributed by atoms with Gasteiger partial charge in [0.05, 0.1) is 6.61 Å². The molecule has 0 atom stereocenters. The van der Waals surface area contributed by atoms with E-state index in [1.54, 1.807) is 0 Å². The second kappa shape index (κ2) is 17.2. The molecule has 8 nitrogen and oxygen atoms in total. The second-order valence-electron chi connectivity index (χ2n) is 4.88. The molecule has 0 amide bonds. The van der Waals surface area contributed by atoms with Gasteiger partial charge in [-0.3, -0.25) is 13.7 Å². The maximum Gasteiger partial charge on any atom is 1.00 e. The molecule has 0 bridgehead atoms. The molecule has 3 N–H and O–H groups in total. The van der Waals surface area contributed by atoms with Gasteiger partial charge in [0.2, 0.25) is 0 Å². The van der Waals surface area contributed by atoms with E-state index in [0.29, 0.717) is 6.42 Å². The molecule has 0 aliphatic rings. The van der Waals surface area contributed by atoms with E-state index in [0.717, 1.165) is 12.8 Å². The molecule has 0 aromatic rings. The summed E-state index contributed by atoms with van der Waals surface area (Å²) in [6, 6.07) is 0. The van der Waals surface area contributed by atoms with E-state index < -0.39 is 20.8 Å². The Morgan fingerprint density at radius 2 is 1.04 bits per heavy atom. The predicted octanol–water partition coefficient (Wildman–Crippen LogP) is 0.190. The summed E-state index contributed by atoms with van der Waals surface area (Å²) in [6.07, 6.45) is 11.9. The van der Waals surface area contributed by atoms with Gasteiger partial charge in [-0.25, -0.2) is 4.18 Å². The fourth-order valence-corrected chi connectivity index (χ4v) is 2.08. The second-order valence-corrected chi connectivity index (χ2v) is 6.87. The molecule has 0 fully saturated rings. The number of unbranched alkanes of at least 4 members (excludes halogenated alkanes) is 9. The van der Waals surface area contributed by atoms with Crippen molar-refractivity contribution in [1.29, 1.82) is 0 Å². The van der Waals surface area contributed by atoms with E-state index >= 15 is 0 Å². The van der Waals surface area contributed by atoms with Crippen molar-refractivity contribution >= 4 is 20.8 Å². The Kier molecular flexibility index (Phi) is 21.0. The quantitative estimate of drug-likeness (QED) is 0.251. The van der Waals surface area contributed by atoms with Gasteiger partial charge in [0.15, 0.2) is 0 Å². The summed E-state index contributed by atoms with van der Waals surface area (Å²) in [6.45, 7) is 2.31. The molecule has 0 saturated carbocycles. The smallest absolute Gasteiger partial charge is 1.00 e. The van der Waals surface area contributed by atoms with E-state index in [9.17, 15) is 8.42 Å². The Bertz CT molecular complexity index is 434. The standard InChI is InChI=1S/C12H26O4S.Li.H2O4S.H/c1-2-3-4-5-6-7-8-9-10-11-12-16-17(13,14)15;;1-5(2,3)4;/h2-12H2,1H3,(H,13,14,15);;(H2,1,2,3,4);/q;+1;;-1. The van der Waals surface area contributed by atoms with Gasteiger partial charge in [-0.15, -0.1) is 0 Å². The molecule has 0 aliphatic heterocycles. The van der Waals surface area contributed by atoms with Gasteiger partial charge in [-0.2, -0.15) is 16.8 Å².